The Kier molecular flexibility index (Phi) is 4.37. The number of aryl methyl sites for hydroxylation is 1. The molecule has 7 heteroatoms. The topological polar surface area (TPSA) is 63.6 Å². The Labute approximate surface area is 143 Å². The number of nitrogens with one attached hydrogen (secondary N) is 1. The van der Waals surface area contributed by atoms with E-state index in [2.05, 4.69) is 15.5 Å². The molecule has 0 saturated carbocycles. The van der Waals surface area contributed by atoms with Crippen molar-refractivity contribution >= 4 is 34.6 Å². The van der Waals surface area contributed by atoms with E-state index in [1.165, 1.54) is 0 Å². The smallest absolute Gasteiger partial charge is 0.267 e. The molecule has 0 aliphatic carbocycles. The lowest BCUT2D eigenvalue weighted by Gasteiger charge is -2.20. The molecule has 1 unspecified atom stereocenters. The second-order valence-electron chi connectivity index (χ2n) is 5.56. The van der Waals surface area contributed by atoms with Crippen LogP contribution in [-0.4, -0.2) is 22.2 Å². The molecule has 0 fully saturated rings. The molecule has 1 aliphatic rings. The van der Waals surface area contributed by atoms with Crippen LogP contribution in [0.2, 0.25) is 5.02 Å². The molecule has 0 saturated heterocycles. The van der Waals surface area contributed by atoms with E-state index in [0.29, 0.717) is 23.7 Å². The number of thiazole rings is 1. The Morgan fingerprint density at radius 1 is 1.48 bits per heavy atom. The van der Waals surface area contributed by atoms with Crippen molar-refractivity contribution in [3.8, 4) is 0 Å². The number of halogens is 1. The summed E-state index contributed by atoms with van der Waals surface area (Å²) in [5.41, 5.74) is 0.445. The van der Waals surface area contributed by atoms with Crippen LogP contribution < -0.4 is 5.32 Å². The summed E-state index contributed by atoms with van der Waals surface area (Å²) in [4.78, 5) is 23.2. The Hall–Kier alpha value is -1.92. The molecule has 0 bridgehead atoms. The predicted octanol–water partition coefficient (Wildman–Crippen LogP) is 3.30. The molecular formula is C16H16ClN3O2S. The largest absolute Gasteiger partial charge is 0.379 e. The highest BCUT2D eigenvalue weighted by atomic mass is 35.5. The molecule has 1 aliphatic heterocycles. The van der Waals surface area contributed by atoms with Crippen molar-refractivity contribution in [2.24, 2.45) is 5.16 Å². The molecule has 0 spiro atoms. The van der Waals surface area contributed by atoms with Crippen LogP contribution >= 0.6 is 22.9 Å². The summed E-state index contributed by atoms with van der Waals surface area (Å²) in [6, 6.07) is 7.39. The fourth-order valence-corrected chi connectivity index (χ4v) is 3.30. The van der Waals surface area contributed by atoms with Gasteiger partial charge < -0.3 is 10.2 Å². The van der Waals surface area contributed by atoms with Crippen molar-refractivity contribution in [2.75, 3.05) is 0 Å². The lowest BCUT2D eigenvalue weighted by Crippen LogP contribution is -2.44. The number of benzene rings is 1. The maximum Gasteiger partial charge on any atom is 0.267 e. The van der Waals surface area contributed by atoms with Gasteiger partial charge in [0.1, 0.15) is 5.01 Å². The standard InChI is InChI=1S/C16H16ClN3O2S/c1-10-8-18-14(23-10)9-19-15(21)16(2)7-13(20-22-16)11-5-3-4-6-12(11)17/h3-6,8H,7,9H2,1-2H3,(H,19,21). The van der Waals surface area contributed by atoms with Crippen molar-refractivity contribution in [3.05, 3.63) is 50.9 Å². The van der Waals surface area contributed by atoms with Gasteiger partial charge in [-0.1, -0.05) is 35.0 Å². The van der Waals surface area contributed by atoms with E-state index >= 15 is 0 Å². The third-order valence-electron chi connectivity index (χ3n) is 3.60. The molecule has 1 amide bonds. The van der Waals surface area contributed by atoms with E-state index in [-0.39, 0.29) is 5.91 Å². The van der Waals surface area contributed by atoms with E-state index in [1.54, 1.807) is 30.5 Å². The number of carbonyl (C=O) groups excluding carboxylic acids is 1. The molecule has 1 aromatic carbocycles. The molecule has 1 N–H and O–H groups in total. The van der Waals surface area contributed by atoms with Gasteiger partial charge in [-0.05, 0) is 19.9 Å². The molecule has 0 radical (unpaired) electrons. The molecule has 3 rings (SSSR count). The van der Waals surface area contributed by atoms with Gasteiger partial charge in [-0.2, -0.15) is 0 Å². The van der Waals surface area contributed by atoms with Gasteiger partial charge in [0.25, 0.3) is 5.91 Å². The first-order valence-corrected chi connectivity index (χ1v) is 8.37. The molecule has 2 heterocycles. The SMILES string of the molecule is Cc1cnc(CNC(=O)C2(C)CC(c3ccccc3Cl)=NO2)s1. The number of oxime groups is 1. The summed E-state index contributed by atoms with van der Waals surface area (Å²) in [7, 11) is 0. The van der Waals surface area contributed by atoms with Gasteiger partial charge in [-0.15, -0.1) is 11.3 Å². The Morgan fingerprint density at radius 3 is 2.96 bits per heavy atom. The minimum atomic E-state index is -1.03. The number of hydrogen-bond acceptors (Lipinski definition) is 5. The van der Waals surface area contributed by atoms with E-state index in [0.717, 1.165) is 15.4 Å². The van der Waals surface area contributed by atoms with Gasteiger partial charge in [0.15, 0.2) is 0 Å². The average Bonchev–Trinajstić information content (AvgIpc) is 3.12. The third kappa shape index (κ3) is 3.38. The summed E-state index contributed by atoms with van der Waals surface area (Å²) >= 11 is 7.73. The van der Waals surface area contributed by atoms with Crippen molar-refractivity contribution < 1.29 is 9.63 Å². The van der Waals surface area contributed by atoms with Gasteiger partial charge in [0, 0.05) is 28.1 Å². The Balaban J connectivity index is 1.65. The first kappa shape index (κ1) is 16.0. The molecule has 5 nitrogen and oxygen atoms in total. The highest BCUT2D eigenvalue weighted by Gasteiger charge is 2.42. The predicted molar refractivity (Wildman–Crippen MR) is 90.8 cm³/mol. The monoisotopic (exact) mass is 349 g/mol. The van der Waals surface area contributed by atoms with Gasteiger partial charge in [-0.25, -0.2) is 4.98 Å². The Morgan fingerprint density at radius 2 is 2.26 bits per heavy atom. The number of aromatic nitrogens is 1. The fourth-order valence-electron chi connectivity index (χ4n) is 2.33. The van der Waals surface area contributed by atoms with Crippen molar-refractivity contribution in [2.45, 2.75) is 32.4 Å². The number of carbonyl (C=O) groups is 1. The van der Waals surface area contributed by atoms with Crippen molar-refractivity contribution in [3.63, 3.8) is 0 Å². The van der Waals surface area contributed by atoms with Crippen LogP contribution in [0.4, 0.5) is 0 Å². The second-order valence-corrected chi connectivity index (χ2v) is 7.29. The first-order chi connectivity index (χ1) is 11.0. The zero-order valence-electron chi connectivity index (χ0n) is 12.8. The normalized spacial score (nSPS) is 20.0. The van der Waals surface area contributed by atoms with Crippen LogP contribution in [0.15, 0.2) is 35.6 Å². The highest BCUT2D eigenvalue weighted by molar-refractivity contribution is 7.11. The maximum absolute atomic E-state index is 12.4. The first-order valence-electron chi connectivity index (χ1n) is 7.17. The second kappa shape index (κ2) is 6.29. The summed E-state index contributed by atoms with van der Waals surface area (Å²) in [6.07, 6.45) is 2.16. The van der Waals surface area contributed by atoms with Gasteiger partial charge in [0.2, 0.25) is 5.60 Å². The number of hydrogen-bond donors (Lipinski definition) is 1. The van der Waals surface area contributed by atoms with Gasteiger partial charge in [0.05, 0.1) is 12.3 Å². The van der Waals surface area contributed by atoms with Gasteiger partial charge in [-0.3, -0.25) is 4.79 Å². The van der Waals surface area contributed by atoms with Crippen molar-refractivity contribution in [1.29, 1.82) is 0 Å². The summed E-state index contributed by atoms with van der Waals surface area (Å²) < 4.78 is 0. The number of rotatable bonds is 4. The maximum atomic E-state index is 12.4. The summed E-state index contributed by atoms with van der Waals surface area (Å²) in [6.45, 7) is 4.09. The van der Waals surface area contributed by atoms with E-state index in [4.69, 9.17) is 16.4 Å². The number of nitrogens with zero attached hydrogens (tertiary/aromatic N) is 2. The molecule has 1 atom stereocenters. The van der Waals surface area contributed by atoms with Crippen molar-refractivity contribution in [1.82, 2.24) is 10.3 Å². The molecule has 1 aromatic heterocycles. The Bertz CT molecular complexity index is 774. The van der Waals surface area contributed by atoms with Crippen LogP contribution in [0, 0.1) is 6.92 Å². The minimum absolute atomic E-state index is 0.212. The van der Waals surface area contributed by atoms with E-state index < -0.39 is 5.60 Å². The molecule has 2 aromatic rings. The molecule has 120 valence electrons. The quantitative estimate of drug-likeness (QED) is 0.921. The van der Waals surface area contributed by atoms with E-state index in [1.807, 2.05) is 25.1 Å². The molecular weight excluding hydrogens is 334 g/mol. The lowest BCUT2D eigenvalue weighted by atomic mass is 9.95. The van der Waals surface area contributed by atoms with Crippen LogP contribution in [0.1, 0.15) is 28.8 Å². The zero-order valence-corrected chi connectivity index (χ0v) is 14.4. The molecule has 23 heavy (non-hydrogen) atoms. The average molecular weight is 350 g/mol. The number of amides is 1. The fraction of sp³-hybridized carbons (Fsp3) is 0.312. The minimum Gasteiger partial charge on any atom is -0.379 e. The summed E-state index contributed by atoms with van der Waals surface area (Å²) in [5.74, 6) is -0.212. The van der Waals surface area contributed by atoms with Crippen LogP contribution in [0.3, 0.4) is 0 Å². The van der Waals surface area contributed by atoms with Crippen LogP contribution in [0.25, 0.3) is 0 Å². The van der Waals surface area contributed by atoms with E-state index in [9.17, 15) is 4.79 Å². The van der Waals surface area contributed by atoms with Gasteiger partial charge >= 0.3 is 0 Å². The summed E-state index contributed by atoms with van der Waals surface area (Å²) in [5, 5.41) is 8.38. The van der Waals surface area contributed by atoms with Crippen LogP contribution in [0.5, 0.6) is 0 Å². The van der Waals surface area contributed by atoms with Crippen LogP contribution in [-0.2, 0) is 16.2 Å². The highest BCUT2D eigenvalue weighted by Crippen LogP contribution is 2.29. The third-order valence-corrected chi connectivity index (χ3v) is 4.84. The lowest BCUT2D eigenvalue weighted by molar-refractivity contribution is -0.141. The zero-order chi connectivity index (χ0) is 16.4.